The standard InChI is InChI=1S/C23H32N4O2/c1-5-13-29-21-14-17(3)7-10-20(21)16-27-23(24-4)26-15-18-8-11-19(12-9-18)22(28)25-6-2/h7-12,14H,5-6,13,15-16H2,1-4H3,(H,25,28)(H2,24,26,27). The number of amides is 1. The molecule has 2 aromatic rings. The zero-order valence-corrected chi connectivity index (χ0v) is 17.8. The van der Waals surface area contributed by atoms with Gasteiger partial charge in [0.05, 0.1) is 6.61 Å². The van der Waals surface area contributed by atoms with Crippen molar-refractivity contribution in [2.45, 2.75) is 40.3 Å². The van der Waals surface area contributed by atoms with E-state index < -0.39 is 0 Å². The van der Waals surface area contributed by atoms with E-state index in [9.17, 15) is 4.79 Å². The number of hydrogen-bond donors (Lipinski definition) is 3. The van der Waals surface area contributed by atoms with Crippen LogP contribution in [0.25, 0.3) is 0 Å². The van der Waals surface area contributed by atoms with Crippen LogP contribution >= 0.6 is 0 Å². The molecule has 6 nitrogen and oxygen atoms in total. The maximum absolute atomic E-state index is 11.8. The minimum absolute atomic E-state index is 0.0521. The highest BCUT2D eigenvalue weighted by molar-refractivity contribution is 5.94. The van der Waals surface area contributed by atoms with Gasteiger partial charge in [-0.25, -0.2) is 0 Å². The van der Waals surface area contributed by atoms with Gasteiger partial charge in [-0.15, -0.1) is 0 Å². The Morgan fingerprint density at radius 2 is 1.72 bits per heavy atom. The monoisotopic (exact) mass is 396 g/mol. The van der Waals surface area contributed by atoms with Crippen LogP contribution in [0.4, 0.5) is 0 Å². The normalized spacial score (nSPS) is 11.1. The molecule has 0 aliphatic heterocycles. The Labute approximate surface area is 173 Å². The van der Waals surface area contributed by atoms with Gasteiger partial charge in [-0.2, -0.15) is 0 Å². The zero-order valence-electron chi connectivity index (χ0n) is 17.8. The van der Waals surface area contributed by atoms with E-state index in [0.717, 1.165) is 23.3 Å². The molecule has 0 heterocycles. The lowest BCUT2D eigenvalue weighted by molar-refractivity contribution is 0.0956. The van der Waals surface area contributed by atoms with Gasteiger partial charge in [0.25, 0.3) is 5.91 Å². The summed E-state index contributed by atoms with van der Waals surface area (Å²) in [5.74, 6) is 1.57. The summed E-state index contributed by atoms with van der Waals surface area (Å²) in [6.45, 7) is 8.63. The molecule has 0 aliphatic rings. The number of nitrogens with one attached hydrogen (secondary N) is 3. The molecule has 29 heavy (non-hydrogen) atoms. The van der Waals surface area contributed by atoms with Crippen molar-refractivity contribution in [3.05, 3.63) is 64.7 Å². The van der Waals surface area contributed by atoms with Crippen molar-refractivity contribution >= 4 is 11.9 Å². The Morgan fingerprint density at radius 3 is 2.38 bits per heavy atom. The van der Waals surface area contributed by atoms with Gasteiger partial charge < -0.3 is 20.7 Å². The number of ether oxygens (including phenoxy) is 1. The second-order valence-electron chi connectivity index (χ2n) is 6.80. The highest BCUT2D eigenvalue weighted by Crippen LogP contribution is 2.20. The second kappa shape index (κ2) is 11.7. The molecule has 0 fully saturated rings. The van der Waals surface area contributed by atoms with Crippen LogP contribution in [0.15, 0.2) is 47.5 Å². The van der Waals surface area contributed by atoms with Crippen LogP contribution in [-0.2, 0) is 13.1 Å². The third kappa shape index (κ3) is 7.14. The molecule has 0 saturated carbocycles. The fourth-order valence-corrected chi connectivity index (χ4v) is 2.78. The Hall–Kier alpha value is -3.02. The summed E-state index contributed by atoms with van der Waals surface area (Å²) in [5, 5.41) is 9.43. The average molecular weight is 397 g/mol. The number of nitrogens with zero attached hydrogens (tertiary/aromatic N) is 1. The number of benzene rings is 2. The molecular formula is C23H32N4O2. The fraction of sp³-hybridized carbons (Fsp3) is 0.391. The molecule has 156 valence electrons. The smallest absolute Gasteiger partial charge is 0.251 e. The van der Waals surface area contributed by atoms with Gasteiger partial charge in [0.2, 0.25) is 0 Å². The lowest BCUT2D eigenvalue weighted by Gasteiger charge is -2.15. The number of rotatable bonds is 9. The first-order chi connectivity index (χ1) is 14.1. The number of guanidine groups is 1. The summed E-state index contributed by atoms with van der Waals surface area (Å²) in [5.41, 5.74) is 4.01. The Kier molecular flexibility index (Phi) is 9.02. The van der Waals surface area contributed by atoms with Gasteiger partial charge in [-0.3, -0.25) is 9.79 Å². The number of carbonyl (C=O) groups excluding carboxylic acids is 1. The predicted molar refractivity (Wildman–Crippen MR) is 118 cm³/mol. The molecule has 3 N–H and O–H groups in total. The van der Waals surface area contributed by atoms with Crippen LogP contribution in [0.2, 0.25) is 0 Å². The van der Waals surface area contributed by atoms with E-state index in [0.29, 0.717) is 37.8 Å². The van der Waals surface area contributed by atoms with Gasteiger partial charge in [-0.05, 0) is 49.6 Å². The van der Waals surface area contributed by atoms with E-state index in [1.54, 1.807) is 7.05 Å². The van der Waals surface area contributed by atoms with Crippen LogP contribution in [0.3, 0.4) is 0 Å². The topological polar surface area (TPSA) is 74.8 Å². The van der Waals surface area contributed by atoms with Crippen molar-refractivity contribution in [3.63, 3.8) is 0 Å². The predicted octanol–water partition coefficient (Wildman–Crippen LogP) is 3.40. The van der Waals surface area contributed by atoms with Crippen LogP contribution in [0, 0.1) is 6.92 Å². The van der Waals surface area contributed by atoms with Crippen molar-refractivity contribution in [2.75, 3.05) is 20.2 Å². The molecule has 0 spiro atoms. The summed E-state index contributed by atoms with van der Waals surface area (Å²) in [4.78, 5) is 16.1. The van der Waals surface area contributed by atoms with Gasteiger partial charge in [0.15, 0.2) is 5.96 Å². The minimum Gasteiger partial charge on any atom is -0.493 e. The first-order valence-electron chi connectivity index (χ1n) is 10.1. The molecule has 0 saturated heterocycles. The van der Waals surface area contributed by atoms with Gasteiger partial charge >= 0.3 is 0 Å². The lowest BCUT2D eigenvalue weighted by atomic mass is 10.1. The molecule has 0 aliphatic carbocycles. The quantitative estimate of drug-likeness (QED) is 0.449. The Balaban J connectivity index is 1.91. The van der Waals surface area contributed by atoms with Crippen molar-refractivity contribution in [1.29, 1.82) is 0 Å². The highest BCUT2D eigenvalue weighted by atomic mass is 16.5. The maximum atomic E-state index is 11.8. The molecule has 0 unspecified atom stereocenters. The fourth-order valence-electron chi connectivity index (χ4n) is 2.78. The number of aryl methyl sites for hydroxylation is 1. The van der Waals surface area contributed by atoms with Crippen LogP contribution in [-0.4, -0.2) is 32.1 Å². The van der Waals surface area contributed by atoms with Crippen LogP contribution in [0.1, 0.15) is 47.3 Å². The van der Waals surface area contributed by atoms with Crippen LogP contribution < -0.4 is 20.7 Å². The molecule has 0 aromatic heterocycles. The number of hydrogen-bond acceptors (Lipinski definition) is 3. The second-order valence-corrected chi connectivity index (χ2v) is 6.80. The summed E-state index contributed by atoms with van der Waals surface area (Å²) >= 11 is 0. The molecular weight excluding hydrogens is 364 g/mol. The van der Waals surface area contributed by atoms with Gasteiger partial charge in [0, 0.05) is 37.8 Å². The molecule has 1 amide bonds. The van der Waals surface area contributed by atoms with Crippen molar-refractivity contribution < 1.29 is 9.53 Å². The van der Waals surface area contributed by atoms with Gasteiger partial charge in [0.1, 0.15) is 5.75 Å². The largest absolute Gasteiger partial charge is 0.493 e. The molecule has 0 radical (unpaired) electrons. The zero-order chi connectivity index (χ0) is 21.1. The molecule has 0 bridgehead atoms. The van der Waals surface area contributed by atoms with Crippen molar-refractivity contribution in [2.24, 2.45) is 4.99 Å². The van der Waals surface area contributed by atoms with E-state index >= 15 is 0 Å². The third-order valence-corrected chi connectivity index (χ3v) is 4.37. The summed E-state index contributed by atoms with van der Waals surface area (Å²) in [7, 11) is 1.75. The van der Waals surface area contributed by atoms with E-state index in [-0.39, 0.29) is 5.91 Å². The lowest BCUT2D eigenvalue weighted by Crippen LogP contribution is -2.36. The summed E-state index contributed by atoms with van der Waals surface area (Å²) in [6, 6.07) is 13.8. The molecule has 2 aromatic carbocycles. The Morgan fingerprint density at radius 1 is 1.00 bits per heavy atom. The molecule has 6 heteroatoms. The molecule has 2 rings (SSSR count). The highest BCUT2D eigenvalue weighted by Gasteiger charge is 2.07. The van der Waals surface area contributed by atoms with Gasteiger partial charge in [-0.1, -0.05) is 31.2 Å². The third-order valence-electron chi connectivity index (χ3n) is 4.37. The molecule has 0 atom stereocenters. The minimum atomic E-state index is -0.0521. The summed E-state index contributed by atoms with van der Waals surface area (Å²) in [6.07, 6.45) is 0.975. The van der Waals surface area contributed by atoms with E-state index in [4.69, 9.17) is 4.74 Å². The maximum Gasteiger partial charge on any atom is 0.251 e. The Bertz CT molecular complexity index is 816. The first-order valence-corrected chi connectivity index (χ1v) is 10.1. The van der Waals surface area contributed by atoms with Crippen molar-refractivity contribution in [1.82, 2.24) is 16.0 Å². The number of aliphatic imine (C=N–C) groups is 1. The van der Waals surface area contributed by atoms with E-state index in [1.807, 2.05) is 31.2 Å². The van der Waals surface area contributed by atoms with Crippen LogP contribution in [0.5, 0.6) is 5.75 Å². The first kappa shape index (κ1) is 22.3. The SMILES string of the molecule is CCCOc1cc(C)ccc1CNC(=NC)NCc1ccc(C(=O)NCC)cc1. The average Bonchev–Trinajstić information content (AvgIpc) is 2.74. The van der Waals surface area contributed by atoms with E-state index in [2.05, 4.69) is 53.0 Å². The van der Waals surface area contributed by atoms with Crippen molar-refractivity contribution in [3.8, 4) is 5.75 Å². The number of carbonyl (C=O) groups is 1. The summed E-state index contributed by atoms with van der Waals surface area (Å²) < 4.78 is 5.88. The van der Waals surface area contributed by atoms with E-state index in [1.165, 1.54) is 5.56 Å².